The van der Waals surface area contributed by atoms with Crippen LogP contribution in [0.4, 0.5) is 0 Å². The second-order valence-electron chi connectivity index (χ2n) is 7.00. The van der Waals surface area contributed by atoms with Crippen molar-refractivity contribution in [2.24, 2.45) is 5.73 Å². The van der Waals surface area contributed by atoms with E-state index in [9.17, 15) is 14.7 Å². The summed E-state index contributed by atoms with van der Waals surface area (Å²) in [6.07, 6.45) is 21.3. The average Bonchev–Trinajstić information content (AvgIpc) is 2.70. The molecule has 170 valence electrons. The molecule has 0 bridgehead atoms. The largest absolute Gasteiger partial charge is 0.481 e. The zero-order valence-corrected chi connectivity index (χ0v) is 18.7. The second-order valence-corrected chi connectivity index (χ2v) is 8.21. The van der Waals surface area contributed by atoms with Crippen LogP contribution in [0.2, 0.25) is 0 Å². The van der Waals surface area contributed by atoms with Crippen LogP contribution in [0.15, 0.2) is 48.6 Å². The average molecular weight is 440 g/mol. The molecule has 0 rings (SSSR count). The van der Waals surface area contributed by atoms with Crippen LogP contribution in [0.5, 0.6) is 0 Å². The zero-order valence-electron chi connectivity index (χ0n) is 17.9. The number of aliphatic hydroxyl groups is 1. The number of nitrogens with two attached hydrogens (primary N) is 1. The van der Waals surface area contributed by atoms with Crippen molar-refractivity contribution in [3.63, 3.8) is 0 Å². The summed E-state index contributed by atoms with van der Waals surface area (Å²) < 4.78 is 0. The highest BCUT2D eigenvalue weighted by molar-refractivity contribution is 8.00. The third kappa shape index (κ3) is 17.1. The predicted molar refractivity (Wildman–Crippen MR) is 125 cm³/mol. The standard InChI is InChI=1S/C23H37NO5S/c1-2-3-4-5-6-7-8-9-10-11-12-13-16-21(30-18-19(24)23(28)29)20(25)15-14-17-22(26)27/h6-7,9-13,16,19-21,25H,2-5,8,14-15,17-18,24H2,1H3,(H,26,27)(H,28,29)/b7-6+,10-9+,12-11+,16-13+/t19-,20-,21+/m0/s1. The molecule has 0 saturated carbocycles. The summed E-state index contributed by atoms with van der Waals surface area (Å²) in [4.78, 5) is 21.5. The summed E-state index contributed by atoms with van der Waals surface area (Å²) in [5, 5.41) is 27.6. The number of hydrogen-bond donors (Lipinski definition) is 4. The van der Waals surface area contributed by atoms with E-state index in [2.05, 4.69) is 25.2 Å². The molecule has 0 aliphatic carbocycles. The highest BCUT2D eigenvalue weighted by Gasteiger charge is 2.20. The SMILES string of the molecule is CCCCC/C=C/C/C=C/C=C/C=C/[C@@H](SC[C@H](N)C(=O)O)[C@@H](O)CCCC(=O)O. The van der Waals surface area contributed by atoms with Crippen molar-refractivity contribution >= 4 is 23.7 Å². The minimum Gasteiger partial charge on any atom is -0.481 e. The van der Waals surface area contributed by atoms with Crippen LogP contribution in [0, 0.1) is 0 Å². The normalized spacial score (nSPS) is 15.4. The summed E-state index contributed by atoms with van der Waals surface area (Å²) in [6.45, 7) is 2.19. The van der Waals surface area contributed by atoms with Crippen molar-refractivity contribution in [1.29, 1.82) is 0 Å². The first-order chi connectivity index (χ1) is 14.4. The molecule has 0 saturated heterocycles. The Morgan fingerprint density at radius 3 is 2.40 bits per heavy atom. The van der Waals surface area contributed by atoms with E-state index >= 15 is 0 Å². The summed E-state index contributed by atoms with van der Waals surface area (Å²) in [5.74, 6) is -1.83. The summed E-state index contributed by atoms with van der Waals surface area (Å²) >= 11 is 1.26. The summed E-state index contributed by atoms with van der Waals surface area (Å²) in [7, 11) is 0. The fourth-order valence-electron chi connectivity index (χ4n) is 2.47. The molecule has 0 spiro atoms. The van der Waals surface area contributed by atoms with E-state index < -0.39 is 24.1 Å². The Morgan fingerprint density at radius 2 is 1.73 bits per heavy atom. The van der Waals surface area contributed by atoms with Gasteiger partial charge in [-0.2, -0.15) is 0 Å². The van der Waals surface area contributed by atoms with Gasteiger partial charge in [-0.1, -0.05) is 68.4 Å². The third-order valence-corrected chi connectivity index (χ3v) is 5.65. The number of aliphatic hydroxyl groups excluding tert-OH is 1. The van der Waals surface area contributed by atoms with Gasteiger partial charge in [-0.25, -0.2) is 0 Å². The fraction of sp³-hybridized carbons (Fsp3) is 0.565. The Bertz CT molecular complexity index is 586. The van der Waals surface area contributed by atoms with E-state index in [4.69, 9.17) is 15.9 Å². The van der Waals surface area contributed by atoms with Crippen LogP contribution in [-0.2, 0) is 9.59 Å². The molecule has 0 aromatic carbocycles. The monoisotopic (exact) mass is 439 g/mol. The van der Waals surface area contributed by atoms with Gasteiger partial charge >= 0.3 is 11.9 Å². The molecule has 0 amide bonds. The maximum absolute atomic E-state index is 10.9. The fourth-order valence-corrected chi connectivity index (χ4v) is 3.60. The molecule has 0 unspecified atom stereocenters. The maximum atomic E-state index is 10.9. The molecule has 0 radical (unpaired) electrons. The Labute approximate surface area is 184 Å². The third-order valence-electron chi connectivity index (χ3n) is 4.24. The molecule has 0 aliphatic rings. The summed E-state index contributed by atoms with van der Waals surface area (Å²) in [5.41, 5.74) is 5.54. The molecular weight excluding hydrogens is 402 g/mol. The molecule has 7 heteroatoms. The Kier molecular flexibility index (Phi) is 18.0. The van der Waals surface area contributed by atoms with Crippen molar-refractivity contribution in [3.05, 3.63) is 48.6 Å². The van der Waals surface area contributed by atoms with Gasteiger partial charge in [0.25, 0.3) is 0 Å². The molecule has 30 heavy (non-hydrogen) atoms. The highest BCUT2D eigenvalue weighted by atomic mass is 32.2. The van der Waals surface area contributed by atoms with Crippen LogP contribution >= 0.6 is 11.8 Å². The lowest BCUT2D eigenvalue weighted by Crippen LogP contribution is -2.34. The number of carboxylic acid groups (broad SMARTS) is 2. The van der Waals surface area contributed by atoms with Gasteiger partial charge in [0.1, 0.15) is 6.04 Å². The first kappa shape index (κ1) is 28.2. The number of unbranched alkanes of at least 4 members (excludes halogenated alkanes) is 3. The number of thioether (sulfide) groups is 1. The van der Waals surface area contributed by atoms with Crippen LogP contribution < -0.4 is 5.73 Å². The van der Waals surface area contributed by atoms with E-state index in [1.54, 1.807) is 12.2 Å². The molecule has 0 fully saturated rings. The molecule has 3 atom stereocenters. The van der Waals surface area contributed by atoms with Gasteiger partial charge in [-0.05, 0) is 32.1 Å². The van der Waals surface area contributed by atoms with Crippen LogP contribution in [0.1, 0.15) is 58.3 Å². The predicted octanol–water partition coefficient (Wildman–Crippen LogP) is 4.31. The number of carbonyl (C=O) groups is 2. The van der Waals surface area contributed by atoms with E-state index in [0.717, 1.165) is 12.8 Å². The molecule has 0 heterocycles. The topological polar surface area (TPSA) is 121 Å². The number of allylic oxidation sites excluding steroid dienone is 7. The van der Waals surface area contributed by atoms with E-state index in [-0.39, 0.29) is 17.4 Å². The van der Waals surface area contributed by atoms with Crippen molar-refractivity contribution in [2.75, 3.05) is 5.75 Å². The number of hydrogen-bond acceptors (Lipinski definition) is 5. The second kappa shape index (κ2) is 19.2. The molecule has 6 nitrogen and oxygen atoms in total. The highest BCUT2D eigenvalue weighted by Crippen LogP contribution is 2.21. The molecule has 0 aliphatic heterocycles. The minimum atomic E-state index is -1.09. The molecule has 0 aromatic rings. The number of aliphatic carboxylic acids is 2. The smallest absolute Gasteiger partial charge is 0.321 e. The Morgan fingerprint density at radius 1 is 1.00 bits per heavy atom. The quantitative estimate of drug-likeness (QED) is 0.143. The zero-order chi connectivity index (χ0) is 22.6. The van der Waals surface area contributed by atoms with Gasteiger partial charge in [-0.3, -0.25) is 9.59 Å². The Balaban J connectivity index is 4.51. The summed E-state index contributed by atoms with van der Waals surface area (Å²) in [6, 6.07) is -1.01. The van der Waals surface area contributed by atoms with E-state index in [1.165, 1.54) is 31.0 Å². The first-order valence-corrected chi connectivity index (χ1v) is 11.6. The van der Waals surface area contributed by atoms with E-state index in [1.807, 2.05) is 18.2 Å². The minimum absolute atomic E-state index is 0.00938. The van der Waals surface area contributed by atoms with Gasteiger partial charge < -0.3 is 21.1 Å². The van der Waals surface area contributed by atoms with Crippen molar-refractivity contribution in [1.82, 2.24) is 0 Å². The van der Waals surface area contributed by atoms with E-state index in [0.29, 0.717) is 12.8 Å². The van der Waals surface area contributed by atoms with Crippen molar-refractivity contribution < 1.29 is 24.9 Å². The maximum Gasteiger partial charge on any atom is 0.321 e. The molecule has 0 aromatic heterocycles. The van der Waals surface area contributed by atoms with Gasteiger partial charge in [0, 0.05) is 17.4 Å². The number of rotatable bonds is 18. The Hall–Kier alpha value is -1.83. The lowest BCUT2D eigenvalue weighted by Gasteiger charge is -2.20. The lowest BCUT2D eigenvalue weighted by atomic mass is 10.1. The first-order valence-electron chi connectivity index (χ1n) is 10.5. The van der Waals surface area contributed by atoms with Gasteiger partial charge in [0.2, 0.25) is 0 Å². The van der Waals surface area contributed by atoms with Gasteiger partial charge in [0.15, 0.2) is 0 Å². The van der Waals surface area contributed by atoms with Crippen molar-refractivity contribution in [3.8, 4) is 0 Å². The van der Waals surface area contributed by atoms with Crippen LogP contribution in [0.3, 0.4) is 0 Å². The van der Waals surface area contributed by atoms with Crippen LogP contribution in [-0.4, -0.2) is 50.4 Å². The lowest BCUT2D eigenvalue weighted by molar-refractivity contribution is -0.138. The van der Waals surface area contributed by atoms with Gasteiger partial charge in [-0.15, -0.1) is 11.8 Å². The number of carboxylic acids is 2. The molecular formula is C23H37NO5S. The van der Waals surface area contributed by atoms with Gasteiger partial charge in [0.05, 0.1) is 6.10 Å². The molecule has 5 N–H and O–H groups in total. The van der Waals surface area contributed by atoms with Crippen LogP contribution in [0.25, 0.3) is 0 Å². The van der Waals surface area contributed by atoms with Crippen molar-refractivity contribution in [2.45, 2.75) is 75.7 Å².